The highest BCUT2D eigenvalue weighted by molar-refractivity contribution is 5.58. The predicted octanol–water partition coefficient (Wildman–Crippen LogP) is 0.870. The lowest BCUT2D eigenvalue weighted by Gasteiger charge is -2.16. The molecular weight excluding hydrogens is 202 g/mol. The van der Waals surface area contributed by atoms with Crippen molar-refractivity contribution in [2.24, 2.45) is 0 Å². The zero-order valence-corrected chi connectivity index (χ0v) is 9.35. The van der Waals surface area contributed by atoms with E-state index in [-0.39, 0.29) is 0 Å². The summed E-state index contributed by atoms with van der Waals surface area (Å²) >= 11 is 0. The van der Waals surface area contributed by atoms with E-state index in [2.05, 4.69) is 31.6 Å². The molecule has 2 aromatic heterocycles. The molecule has 1 N–H and O–H groups in total. The second-order valence-corrected chi connectivity index (χ2v) is 3.94. The van der Waals surface area contributed by atoms with E-state index in [1.165, 1.54) is 5.69 Å². The Bertz CT molecular complexity index is 496. The molecule has 0 fully saturated rings. The molecule has 0 atom stereocenters. The van der Waals surface area contributed by atoms with Gasteiger partial charge in [0.15, 0.2) is 0 Å². The first-order valence-corrected chi connectivity index (χ1v) is 5.67. The van der Waals surface area contributed by atoms with Gasteiger partial charge in [0, 0.05) is 32.0 Å². The van der Waals surface area contributed by atoms with Crippen molar-refractivity contribution in [3.8, 4) is 11.4 Å². The number of nitrogens with one attached hydrogen (secondary N) is 1. The molecule has 0 unspecified atom stereocenters. The molecule has 0 amide bonds. The van der Waals surface area contributed by atoms with Crippen molar-refractivity contribution in [3.05, 3.63) is 24.3 Å². The van der Waals surface area contributed by atoms with E-state index in [4.69, 9.17) is 0 Å². The van der Waals surface area contributed by atoms with Crippen molar-refractivity contribution in [2.45, 2.75) is 26.6 Å². The predicted molar refractivity (Wildman–Crippen MR) is 60.8 cm³/mol. The van der Waals surface area contributed by atoms with Gasteiger partial charge in [-0.2, -0.15) is 5.10 Å². The summed E-state index contributed by atoms with van der Waals surface area (Å²) in [5.41, 5.74) is 2.39. The van der Waals surface area contributed by atoms with E-state index in [0.717, 1.165) is 37.6 Å². The van der Waals surface area contributed by atoms with Crippen LogP contribution in [-0.2, 0) is 19.6 Å². The maximum absolute atomic E-state index is 4.42. The number of aromatic nitrogens is 4. The molecule has 2 aromatic rings. The fourth-order valence-electron chi connectivity index (χ4n) is 2.18. The summed E-state index contributed by atoms with van der Waals surface area (Å²) in [5, 5.41) is 7.78. The van der Waals surface area contributed by atoms with Gasteiger partial charge >= 0.3 is 0 Å². The van der Waals surface area contributed by atoms with E-state index < -0.39 is 0 Å². The number of fused-ring (bicyclic) bond motifs is 1. The average molecular weight is 217 g/mol. The van der Waals surface area contributed by atoms with Crippen LogP contribution in [0.15, 0.2) is 18.6 Å². The number of rotatable bonds is 2. The summed E-state index contributed by atoms with van der Waals surface area (Å²) in [6.07, 6.45) is 5.78. The quantitative estimate of drug-likeness (QED) is 0.812. The summed E-state index contributed by atoms with van der Waals surface area (Å²) in [6.45, 7) is 5.89. The van der Waals surface area contributed by atoms with Crippen LogP contribution in [0.4, 0.5) is 0 Å². The van der Waals surface area contributed by atoms with Gasteiger partial charge < -0.3 is 9.88 Å². The van der Waals surface area contributed by atoms with Gasteiger partial charge in [-0.15, -0.1) is 0 Å². The van der Waals surface area contributed by atoms with Crippen LogP contribution in [0.2, 0.25) is 0 Å². The zero-order chi connectivity index (χ0) is 11.0. The van der Waals surface area contributed by atoms with Crippen LogP contribution in [0.5, 0.6) is 0 Å². The molecule has 0 radical (unpaired) electrons. The second kappa shape index (κ2) is 3.75. The number of nitrogens with zero attached hydrogens (tertiary/aromatic N) is 4. The topological polar surface area (TPSA) is 47.7 Å². The highest BCUT2D eigenvalue weighted by atomic mass is 15.3. The Morgan fingerprint density at radius 1 is 1.50 bits per heavy atom. The fourth-order valence-corrected chi connectivity index (χ4v) is 2.18. The van der Waals surface area contributed by atoms with E-state index in [9.17, 15) is 0 Å². The Balaban J connectivity index is 2.09. The Labute approximate surface area is 94.1 Å². The SMILES string of the molecule is CCn1ccnc1-c1cnn2c1CNCC2. The molecule has 0 aromatic carbocycles. The van der Waals surface area contributed by atoms with E-state index >= 15 is 0 Å². The summed E-state index contributed by atoms with van der Waals surface area (Å²) in [6, 6.07) is 0. The van der Waals surface area contributed by atoms with Gasteiger partial charge in [-0.05, 0) is 6.92 Å². The molecule has 3 heterocycles. The van der Waals surface area contributed by atoms with Crippen LogP contribution in [0, 0.1) is 0 Å². The lowest BCUT2D eigenvalue weighted by molar-refractivity contribution is 0.476. The second-order valence-electron chi connectivity index (χ2n) is 3.94. The maximum Gasteiger partial charge on any atom is 0.143 e. The third-order valence-electron chi connectivity index (χ3n) is 3.04. The molecule has 1 aliphatic rings. The molecule has 16 heavy (non-hydrogen) atoms. The molecular formula is C11H15N5. The molecule has 84 valence electrons. The monoisotopic (exact) mass is 217 g/mol. The minimum absolute atomic E-state index is 0.881. The van der Waals surface area contributed by atoms with Crippen molar-refractivity contribution in [1.82, 2.24) is 24.6 Å². The standard InChI is InChI=1S/C11H15N5/c1-2-15-5-4-13-11(15)9-7-14-16-6-3-12-8-10(9)16/h4-5,7,12H,2-3,6,8H2,1H3. The lowest BCUT2D eigenvalue weighted by atomic mass is 10.2. The van der Waals surface area contributed by atoms with Gasteiger partial charge in [-0.1, -0.05) is 0 Å². The van der Waals surface area contributed by atoms with Crippen molar-refractivity contribution in [3.63, 3.8) is 0 Å². The minimum Gasteiger partial charge on any atom is -0.331 e. The molecule has 0 aliphatic carbocycles. The van der Waals surface area contributed by atoms with Crippen molar-refractivity contribution in [1.29, 1.82) is 0 Å². The minimum atomic E-state index is 0.881. The molecule has 0 spiro atoms. The fraction of sp³-hybridized carbons (Fsp3) is 0.455. The molecule has 0 saturated carbocycles. The van der Waals surface area contributed by atoms with Crippen LogP contribution < -0.4 is 5.32 Å². The van der Waals surface area contributed by atoms with Crippen LogP contribution in [0.25, 0.3) is 11.4 Å². The molecule has 3 rings (SSSR count). The largest absolute Gasteiger partial charge is 0.331 e. The summed E-state index contributed by atoms with van der Waals surface area (Å²) in [4.78, 5) is 4.42. The molecule has 0 saturated heterocycles. The normalized spacial score (nSPS) is 15.1. The number of hydrogen-bond acceptors (Lipinski definition) is 3. The molecule has 1 aliphatic heterocycles. The Morgan fingerprint density at radius 3 is 3.31 bits per heavy atom. The maximum atomic E-state index is 4.42. The molecule has 5 nitrogen and oxygen atoms in total. The smallest absolute Gasteiger partial charge is 0.143 e. The molecule has 5 heteroatoms. The Morgan fingerprint density at radius 2 is 2.44 bits per heavy atom. The van der Waals surface area contributed by atoms with Gasteiger partial charge in [-0.3, -0.25) is 4.68 Å². The summed E-state index contributed by atoms with van der Waals surface area (Å²) in [7, 11) is 0. The zero-order valence-electron chi connectivity index (χ0n) is 9.35. The first kappa shape index (κ1) is 9.59. The Kier molecular flexibility index (Phi) is 2.25. The van der Waals surface area contributed by atoms with Gasteiger partial charge in [-0.25, -0.2) is 4.98 Å². The number of aryl methyl sites for hydroxylation is 1. The first-order valence-electron chi connectivity index (χ1n) is 5.67. The average Bonchev–Trinajstić information content (AvgIpc) is 2.94. The highest BCUT2D eigenvalue weighted by Gasteiger charge is 2.18. The van der Waals surface area contributed by atoms with Crippen molar-refractivity contribution < 1.29 is 0 Å². The van der Waals surface area contributed by atoms with Crippen molar-refractivity contribution in [2.75, 3.05) is 6.54 Å². The van der Waals surface area contributed by atoms with Gasteiger partial charge in [0.2, 0.25) is 0 Å². The summed E-state index contributed by atoms with van der Waals surface area (Å²) in [5.74, 6) is 1.02. The first-order chi connectivity index (χ1) is 7.90. The van der Waals surface area contributed by atoms with E-state index in [1.54, 1.807) is 0 Å². The Hall–Kier alpha value is -1.62. The van der Waals surface area contributed by atoms with Gasteiger partial charge in [0.25, 0.3) is 0 Å². The summed E-state index contributed by atoms with van der Waals surface area (Å²) < 4.78 is 4.22. The molecule has 0 bridgehead atoms. The van der Waals surface area contributed by atoms with Gasteiger partial charge in [0.1, 0.15) is 5.82 Å². The van der Waals surface area contributed by atoms with E-state index in [1.807, 2.05) is 18.6 Å². The van der Waals surface area contributed by atoms with Crippen molar-refractivity contribution >= 4 is 0 Å². The third kappa shape index (κ3) is 1.36. The number of imidazole rings is 1. The third-order valence-corrected chi connectivity index (χ3v) is 3.04. The van der Waals surface area contributed by atoms with E-state index in [0.29, 0.717) is 0 Å². The number of hydrogen-bond donors (Lipinski definition) is 1. The highest BCUT2D eigenvalue weighted by Crippen LogP contribution is 2.23. The van der Waals surface area contributed by atoms with Crippen LogP contribution in [0.1, 0.15) is 12.6 Å². The lowest BCUT2D eigenvalue weighted by Crippen LogP contribution is -2.28. The van der Waals surface area contributed by atoms with Crippen LogP contribution in [-0.4, -0.2) is 25.9 Å². The van der Waals surface area contributed by atoms with Crippen LogP contribution >= 0.6 is 0 Å². The van der Waals surface area contributed by atoms with Gasteiger partial charge in [0.05, 0.1) is 24.0 Å². The van der Waals surface area contributed by atoms with Crippen LogP contribution in [0.3, 0.4) is 0 Å².